The van der Waals surface area contributed by atoms with Gasteiger partial charge in [-0.3, -0.25) is 0 Å². The molecule has 0 spiro atoms. The number of imidazole rings is 2. The Labute approximate surface area is 361 Å². The third-order valence-corrected chi connectivity index (χ3v) is 24.5. The maximum absolute atomic E-state index is 7.13. The lowest BCUT2D eigenvalue weighted by atomic mass is 9.82. The molecule has 0 radical (unpaired) electrons. The van der Waals surface area contributed by atoms with Crippen molar-refractivity contribution >= 4 is 39.2 Å². The number of rotatable bonds is 12. The van der Waals surface area contributed by atoms with E-state index in [1.54, 1.807) is 0 Å². The van der Waals surface area contributed by atoms with Crippen molar-refractivity contribution in [1.29, 1.82) is 0 Å². The highest BCUT2D eigenvalue weighted by atomic mass is 127. The predicted molar refractivity (Wildman–Crippen MR) is 252 cm³/mol. The summed E-state index contributed by atoms with van der Waals surface area (Å²) in [6, 6.07) is 18.3. The van der Waals surface area contributed by atoms with Gasteiger partial charge in [0, 0.05) is 21.5 Å². The van der Waals surface area contributed by atoms with E-state index < -0.39 is 16.6 Å². The summed E-state index contributed by atoms with van der Waals surface area (Å²) >= 11 is 2.48. The fourth-order valence-electron chi connectivity index (χ4n) is 9.02. The average Bonchev–Trinajstić information content (AvgIpc) is 3.94. The van der Waals surface area contributed by atoms with E-state index in [1.165, 1.54) is 90.2 Å². The first-order chi connectivity index (χ1) is 27.0. The van der Waals surface area contributed by atoms with Crippen LogP contribution in [0.1, 0.15) is 142 Å². The molecule has 2 fully saturated rings. The Morgan fingerprint density at radius 3 is 1.86 bits per heavy atom. The number of hydrogen-bond donors (Lipinski definition) is 0. The summed E-state index contributed by atoms with van der Waals surface area (Å²) in [5, 5.41) is 0.471. The molecule has 3 heterocycles. The first kappa shape index (κ1) is 44.5. The molecule has 2 aromatic heterocycles. The standard InChI is InChI=1S/C24H37IN2OSi.C24H36N2OSi/c1-24(2,3)29(4,5)28-23(19-11-7-6-8-12-19)17-22(27-16-15-26-18-27)20-13-9-10-14-21(20)25;1-24(2,3)28(4,5)27-23(18-11-7-6-8-12-18)15-21-19-13-9-10-14-20(19)22-16-25-17-26(21)22/h9-10,13-16,18-19,22-23H,6-8,11-12,17H2,1-5H3;9-10,13-14,16-18,21,23H,6-8,11-12,15H2,1-5H3/t22-,23-;21-,23-/m00/s1. The van der Waals surface area contributed by atoms with Crippen LogP contribution >= 0.6 is 22.6 Å². The Kier molecular flexibility index (Phi) is 14.6. The lowest BCUT2D eigenvalue weighted by Gasteiger charge is -2.43. The van der Waals surface area contributed by atoms with Crippen molar-refractivity contribution in [3.63, 3.8) is 0 Å². The van der Waals surface area contributed by atoms with Crippen LogP contribution in [0.2, 0.25) is 36.3 Å². The van der Waals surface area contributed by atoms with Gasteiger partial charge in [-0.2, -0.15) is 0 Å². The van der Waals surface area contributed by atoms with E-state index in [-0.39, 0.29) is 16.1 Å². The first-order valence-electron chi connectivity index (χ1n) is 22.2. The summed E-state index contributed by atoms with van der Waals surface area (Å²) in [7, 11) is -3.66. The van der Waals surface area contributed by atoms with Crippen molar-refractivity contribution in [1.82, 2.24) is 19.1 Å². The summed E-state index contributed by atoms with van der Waals surface area (Å²) < 4.78 is 20.2. The van der Waals surface area contributed by atoms with Gasteiger partial charge in [0.15, 0.2) is 16.6 Å². The second-order valence-corrected chi connectivity index (χ2v) is 31.1. The number of hydrogen-bond acceptors (Lipinski definition) is 4. The van der Waals surface area contributed by atoms with Gasteiger partial charge in [0.2, 0.25) is 0 Å². The molecule has 2 aliphatic carbocycles. The third-order valence-electron chi connectivity index (χ3n) is 14.5. The average molecular weight is 921 g/mol. The van der Waals surface area contributed by atoms with Crippen molar-refractivity contribution in [2.45, 2.75) is 179 Å². The zero-order valence-corrected chi connectivity index (χ0v) is 41.1. The molecule has 0 bridgehead atoms. The number of halogens is 1. The van der Waals surface area contributed by atoms with Gasteiger partial charge in [-0.25, -0.2) is 9.97 Å². The highest BCUT2D eigenvalue weighted by molar-refractivity contribution is 14.1. The number of aromatic nitrogens is 4. The molecule has 312 valence electrons. The van der Waals surface area contributed by atoms with Crippen LogP contribution in [-0.2, 0) is 8.85 Å². The predicted octanol–water partition coefficient (Wildman–Crippen LogP) is 14.3. The van der Waals surface area contributed by atoms with E-state index in [4.69, 9.17) is 8.85 Å². The fraction of sp³-hybridized carbons (Fsp3) is 0.625. The molecule has 2 saturated carbocycles. The Bertz CT molecular complexity index is 1850. The molecular weight excluding hydrogens is 848 g/mol. The Morgan fingerprint density at radius 1 is 0.719 bits per heavy atom. The van der Waals surface area contributed by atoms with Crippen molar-refractivity contribution < 1.29 is 8.85 Å². The van der Waals surface area contributed by atoms with Crippen molar-refractivity contribution in [3.05, 3.63) is 94.5 Å². The molecule has 6 nitrogen and oxygen atoms in total. The van der Waals surface area contributed by atoms with E-state index in [2.05, 4.69) is 164 Å². The monoisotopic (exact) mass is 920 g/mol. The Morgan fingerprint density at radius 2 is 1.28 bits per heavy atom. The van der Waals surface area contributed by atoms with Crippen LogP contribution < -0.4 is 0 Å². The molecule has 3 aliphatic rings. The zero-order valence-electron chi connectivity index (χ0n) is 36.9. The Balaban J connectivity index is 0.000000193. The van der Waals surface area contributed by atoms with Gasteiger partial charge in [0.1, 0.15) is 0 Å². The molecule has 0 unspecified atom stereocenters. The maximum Gasteiger partial charge on any atom is 0.192 e. The smallest absolute Gasteiger partial charge is 0.192 e. The quantitative estimate of drug-likeness (QED) is 0.105. The van der Waals surface area contributed by atoms with Crippen LogP contribution in [0.5, 0.6) is 0 Å². The second-order valence-electron chi connectivity index (χ2n) is 20.4. The van der Waals surface area contributed by atoms with Gasteiger partial charge >= 0.3 is 0 Å². The highest BCUT2D eigenvalue weighted by Gasteiger charge is 2.44. The summed E-state index contributed by atoms with van der Waals surface area (Å²) in [6.45, 7) is 23.8. The number of benzene rings is 2. The van der Waals surface area contributed by atoms with Gasteiger partial charge in [0.25, 0.3) is 0 Å². The molecular formula is C48H73IN4O2Si2. The molecule has 4 aromatic rings. The van der Waals surface area contributed by atoms with E-state index in [9.17, 15) is 0 Å². The van der Waals surface area contributed by atoms with Gasteiger partial charge in [-0.15, -0.1) is 0 Å². The molecule has 0 amide bonds. The number of fused-ring (bicyclic) bond motifs is 3. The lowest BCUT2D eigenvalue weighted by molar-refractivity contribution is 0.0767. The largest absolute Gasteiger partial charge is 0.414 e. The molecule has 57 heavy (non-hydrogen) atoms. The molecule has 2 aromatic carbocycles. The first-order valence-corrected chi connectivity index (χ1v) is 29.0. The van der Waals surface area contributed by atoms with Crippen LogP contribution in [0.25, 0.3) is 11.3 Å². The summed E-state index contributed by atoms with van der Waals surface area (Å²) in [5.41, 5.74) is 5.43. The van der Waals surface area contributed by atoms with E-state index >= 15 is 0 Å². The van der Waals surface area contributed by atoms with Crippen LogP contribution in [0.4, 0.5) is 0 Å². The summed E-state index contributed by atoms with van der Waals surface area (Å²) in [6.07, 6.45) is 26.2. The highest BCUT2D eigenvalue weighted by Crippen LogP contribution is 2.47. The van der Waals surface area contributed by atoms with Crippen LogP contribution in [0.3, 0.4) is 0 Å². The normalized spacial score (nSPS) is 19.9. The van der Waals surface area contributed by atoms with Crippen LogP contribution in [0, 0.1) is 15.4 Å². The van der Waals surface area contributed by atoms with Crippen molar-refractivity contribution in [3.8, 4) is 11.3 Å². The van der Waals surface area contributed by atoms with Gasteiger partial charge in [-0.1, -0.05) is 123 Å². The molecule has 4 atom stereocenters. The van der Waals surface area contributed by atoms with Crippen molar-refractivity contribution in [2.24, 2.45) is 11.8 Å². The minimum absolute atomic E-state index is 0.228. The van der Waals surface area contributed by atoms with Gasteiger partial charge < -0.3 is 18.0 Å². The van der Waals surface area contributed by atoms with Crippen LogP contribution in [0.15, 0.2) is 79.8 Å². The summed E-state index contributed by atoms with van der Waals surface area (Å²) in [5.74, 6) is 1.37. The zero-order chi connectivity index (χ0) is 41.0. The SMILES string of the molecule is CC(C)(C)[Si](C)(C)O[C@@H](C[C@@H](c1ccccc1I)n1ccnc1)C1CCCCC1.CC(C)(C)[Si](C)(C)O[C@@H](C[C@H]1c2ccccc2-c2cncn21)C1CCCCC1. The topological polar surface area (TPSA) is 54.1 Å². The van der Waals surface area contributed by atoms with E-state index in [0.29, 0.717) is 30.1 Å². The fourth-order valence-corrected chi connectivity index (χ4v) is 12.6. The van der Waals surface area contributed by atoms with E-state index in [0.717, 1.165) is 12.8 Å². The molecule has 1 aliphatic heterocycles. The summed E-state index contributed by atoms with van der Waals surface area (Å²) in [4.78, 5) is 8.82. The van der Waals surface area contributed by atoms with E-state index in [1.807, 2.05) is 25.0 Å². The third kappa shape index (κ3) is 10.6. The molecule has 0 N–H and O–H groups in total. The maximum atomic E-state index is 7.13. The minimum atomic E-state index is -1.84. The molecule has 0 saturated heterocycles. The van der Waals surface area contributed by atoms with Crippen LogP contribution in [-0.4, -0.2) is 47.9 Å². The van der Waals surface area contributed by atoms with Crippen molar-refractivity contribution in [2.75, 3.05) is 0 Å². The van der Waals surface area contributed by atoms with Gasteiger partial charge in [0.05, 0.1) is 48.8 Å². The van der Waals surface area contributed by atoms with Gasteiger partial charge in [-0.05, 0) is 126 Å². The molecule has 7 rings (SSSR count). The second kappa shape index (κ2) is 18.7. The lowest BCUT2D eigenvalue weighted by Crippen LogP contribution is -2.46. The molecule has 9 heteroatoms. The number of nitrogens with zero attached hydrogens (tertiary/aromatic N) is 4. The minimum Gasteiger partial charge on any atom is -0.414 e. The Hall–Kier alpha value is -2.06.